The van der Waals surface area contributed by atoms with Crippen LogP contribution in [0.2, 0.25) is 0 Å². The van der Waals surface area contributed by atoms with Gasteiger partial charge in [0.25, 0.3) is 0 Å². The van der Waals surface area contributed by atoms with Crippen LogP contribution in [0.25, 0.3) is 11.4 Å². The Morgan fingerprint density at radius 3 is 2.48 bits per heavy atom. The molecule has 0 aliphatic rings. The number of aromatic nitrogens is 3. The van der Waals surface area contributed by atoms with E-state index in [1.54, 1.807) is 18.9 Å². The van der Waals surface area contributed by atoms with E-state index in [9.17, 15) is 0 Å². The Bertz CT molecular complexity index is 771. The molecule has 118 valence electrons. The summed E-state index contributed by atoms with van der Waals surface area (Å²) in [5.41, 5.74) is 2.27. The fraction of sp³-hybridized carbons (Fsp3) is 0.222. The number of thioether (sulfide) groups is 1. The van der Waals surface area contributed by atoms with Gasteiger partial charge in [-0.2, -0.15) is 0 Å². The number of aryl methyl sites for hydroxylation is 1. The second-order valence-electron chi connectivity index (χ2n) is 5.10. The topological polar surface area (TPSA) is 39.9 Å². The van der Waals surface area contributed by atoms with Crippen LogP contribution in [0.1, 0.15) is 5.56 Å². The van der Waals surface area contributed by atoms with Crippen molar-refractivity contribution in [3.05, 3.63) is 60.2 Å². The molecule has 0 aliphatic heterocycles. The molecule has 4 nitrogen and oxygen atoms in total. The Balaban J connectivity index is 1.94. The second-order valence-corrected chi connectivity index (χ2v) is 5.87. The number of hydrogen-bond acceptors (Lipinski definition) is 4. The number of hydrogen-bond donors (Lipinski definition) is 0. The standard InChI is InChI=1S/C18H19N3OS/c1-22-16-11-7-6-10-15(16)17-19-20-18(23-2)21(17)13-12-14-8-4-3-5-9-14/h3-11H,12-13H2,1-2H3. The van der Waals surface area contributed by atoms with Crippen molar-refractivity contribution < 1.29 is 4.74 Å². The lowest BCUT2D eigenvalue weighted by atomic mass is 10.1. The minimum atomic E-state index is 0.813. The lowest BCUT2D eigenvalue weighted by Gasteiger charge is -2.11. The third-order valence-corrected chi connectivity index (χ3v) is 4.38. The average Bonchev–Trinajstić information content (AvgIpc) is 3.03. The highest BCUT2D eigenvalue weighted by molar-refractivity contribution is 7.98. The highest BCUT2D eigenvalue weighted by Crippen LogP contribution is 2.30. The van der Waals surface area contributed by atoms with Gasteiger partial charge in [-0.05, 0) is 30.4 Å². The predicted octanol–water partition coefficient (Wildman–Crippen LogP) is 3.92. The Morgan fingerprint density at radius 1 is 1.00 bits per heavy atom. The summed E-state index contributed by atoms with van der Waals surface area (Å²) >= 11 is 1.61. The first-order valence-electron chi connectivity index (χ1n) is 7.48. The van der Waals surface area contributed by atoms with Crippen LogP contribution in [-0.4, -0.2) is 28.1 Å². The van der Waals surface area contributed by atoms with Gasteiger partial charge in [0.1, 0.15) is 5.75 Å². The van der Waals surface area contributed by atoms with Gasteiger partial charge in [0.15, 0.2) is 11.0 Å². The number of methoxy groups -OCH3 is 1. The second kappa shape index (κ2) is 7.33. The van der Waals surface area contributed by atoms with Crippen LogP contribution < -0.4 is 4.74 Å². The number of nitrogens with zero attached hydrogens (tertiary/aromatic N) is 3. The zero-order valence-corrected chi connectivity index (χ0v) is 14.1. The van der Waals surface area contributed by atoms with Crippen LogP contribution in [0.4, 0.5) is 0 Å². The van der Waals surface area contributed by atoms with Crippen LogP contribution >= 0.6 is 11.8 Å². The van der Waals surface area contributed by atoms with Gasteiger partial charge in [-0.1, -0.05) is 54.2 Å². The van der Waals surface area contributed by atoms with E-state index in [0.29, 0.717) is 0 Å². The Kier molecular flexibility index (Phi) is 4.98. The molecule has 0 unspecified atom stereocenters. The zero-order valence-electron chi connectivity index (χ0n) is 13.3. The van der Waals surface area contributed by atoms with Crippen LogP contribution in [0.15, 0.2) is 59.8 Å². The highest BCUT2D eigenvalue weighted by atomic mass is 32.2. The molecule has 0 saturated carbocycles. The monoisotopic (exact) mass is 325 g/mol. The Hall–Kier alpha value is -2.27. The van der Waals surface area contributed by atoms with Gasteiger partial charge < -0.3 is 9.30 Å². The van der Waals surface area contributed by atoms with Gasteiger partial charge in [0.2, 0.25) is 0 Å². The summed E-state index contributed by atoms with van der Waals surface area (Å²) in [4.78, 5) is 0. The molecule has 0 fully saturated rings. The number of para-hydroxylation sites is 1. The van der Waals surface area contributed by atoms with Gasteiger partial charge in [-0.3, -0.25) is 0 Å². The first-order chi connectivity index (χ1) is 11.3. The maximum Gasteiger partial charge on any atom is 0.191 e. The van der Waals surface area contributed by atoms with Crippen molar-refractivity contribution in [2.75, 3.05) is 13.4 Å². The summed E-state index contributed by atoms with van der Waals surface area (Å²) < 4.78 is 7.63. The average molecular weight is 325 g/mol. The van der Waals surface area contributed by atoms with Crippen molar-refractivity contribution in [2.45, 2.75) is 18.1 Å². The first-order valence-corrected chi connectivity index (χ1v) is 8.70. The Labute approximate surface area is 140 Å². The van der Waals surface area contributed by atoms with Crippen LogP contribution in [0.5, 0.6) is 5.75 Å². The molecule has 2 aromatic carbocycles. The van der Waals surface area contributed by atoms with E-state index in [1.165, 1.54) is 5.56 Å². The molecular formula is C18H19N3OS. The molecule has 0 saturated heterocycles. The third-order valence-electron chi connectivity index (χ3n) is 3.71. The molecular weight excluding hydrogens is 306 g/mol. The van der Waals surface area contributed by atoms with Crippen LogP contribution in [-0.2, 0) is 13.0 Å². The van der Waals surface area contributed by atoms with Crippen molar-refractivity contribution in [3.63, 3.8) is 0 Å². The molecule has 0 bridgehead atoms. The zero-order chi connectivity index (χ0) is 16.1. The van der Waals surface area contributed by atoms with Crippen molar-refractivity contribution in [3.8, 4) is 17.1 Å². The summed E-state index contributed by atoms with van der Waals surface area (Å²) in [6.45, 7) is 0.834. The van der Waals surface area contributed by atoms with E-state index < -0.39 is 0 Å². The molecule has 23 heavy (non-hydrogen) atoms. The van der Waals surface area contributed by atoms with E-state index in [-0.39, 0.29) is 0 Å². The molecule has 0 spiro atoms. The van der Waals surface area contributed by atoms with E-state index in [2.05, 4.69) is 39.0 Å². The van der Waals surface area contributed by atoms with Crippen molar-refractivity contribution in [1.29, 1.82) is 0 Å². The first kappa shape index (κ1) is 15.6. The highest BCUT2D eigenvalue weighted by Gasteiger charge is 2.16. The summed E-state index contributed by atoms with van der Waals surface area (Å²) in [6, 6.07) is 18.4. The normalized spacial score (nSPS) is 10.7. The lowest BCUT2D eigenvalue weighted by molar-refractivity contribution is 0.415. The number of ether oxygens (including phenoxy) is 1. The SMILES string of the molecule is COc1ccccc1-c1nnc(SC)n1CCc1ccccc1. The fourth-order valence-electron chi connectivity index (χ4n) is 2.56. The number of benzene rings is 2. The van der Waals surface area contributed by atoms with Gasteiger partial charge in [0.05, 0.1) is 12.7 Å². The van der Waals surface area contributed by atoms with Gasteiger partial charge in [-0.25, -0.2) is 0 Å². The largest absolute Gasteiger partial charge is 0.496 e. The van der Waals surface area contributed by atoms with Crippen molar-refractivity contribution >= 4 is 11.8 Å². The van der Waals surface area contributed by atoms with Gasteiger partial charge in [0, 0.05) is 6.54 Å². The maximum atomic E-state index is 5.47. The van der Waals surface area contributed by atoms with E-state index >= 15 is 0 Å². The van der Waals surface area contributed by atoms with Gasteiger partial charge in [-0.15, -0.1) is 10.2 Å². The fourth-order valence-corrected chi connectivity index (χ4v) is 3.08. The summed E-state index contributed by atoms with van der Waals surface area (Å²) in [5, 5.41) is 9.63. The molecule has 0 N–H and O–H groups in total. The van der Waals surface area contributed by atoms with Crippen molar-refractivity contribution in [1.82, 2.24) is 14.8 Å². The molecule has 0 radical (unpaired) electrons. The minimum absolute atomic E-state index is 0.813. The number of rotatable bonds is 6. The lowest BCUT2D eigenvalue weighted by Crippen LogP contribution is -2.05. The molecule has 5 heteroatoms. The molecule has 1 aromatic heterocycles. The van der Waals surface area contributed by atoms with Gasteiger partial charge >= 0.3 is 0 Å². The summed E-state index contributed by atoms with van der Waals surface area (Å²) in [5.74, 6) is 1.66. The van der Waals surface area contributed by atoms with E-state index in [0.717, 1.165) is 35.3 Å². The quantitative estimate of drug-likeness (QED) is 0.644. The molecule has 3 aromatic rings. The van der Waals surface area contributed by atoms with Crippen LogP contribution in [0, 0.1) is 0 Å². The Morgan fingerprint density at radius 2 is 1.74 bits per heavy atom. The maximum absolute atomic E-state index is 5.47. The molecule has 1 heterocycles. The molecule has 0 atom stereocenters. The van der Waals surface area contributed by atoms with Crippen LogP contribution in [0.3, 0.4) is 0 Å². The van der Waals surface area contributed by atoms with E-state index in [1.807, 2.05) is 36.6 Å². The summed E-state index contributed by atoms with van der Waals surface area (Å²) in [7, 11) is 1.68. The molecule has 0 aliphatic carbocycles. The smallest absolute Gasteiger partial charge is 0.191 e. The third kappa shape index (κ3) is 3.40. The predicted molar refractivity (Wildman–Crippen MR) is 93.9 cm³/mol. The van der Waals surface area contributed by atoms with E-state index in [4.69, 9.17) is 4.74 Å². The van der Waals surface area contributed by atoms with Crippen molar-refractivity contribution in [2.24, 2.45) is 0 Å². The molecule has 3 rings (SSSR count). The minimum Gasteiger partial charge on any atom is -0.496 e. The molecule has 0 amide bonds. The summed E-state index contributed by atoms with van der Waals surface area (Å²) in [6.07, 6.45) is 2.96.